The van der Waals surface area contributed by atoms with Gasteiger partial charge in [-0.2, -0.15) is 0 Å². The summed E-state index contributed by atoms with van der Waals surface area (Å²) in [5, 5.41) is 0. The lowest BCUT2D eigenvalue weighted by Gasteiger charge is -2.11. The summed E-state index contributed by atoms with van der Waals surface area (Å²) in [5.74, 6) is 1.81. The quantitative estimate of drug-likeness (QED) is 0.917. The Balaban J connectivity index is 2.05. The summed E-state index contributed by atoms with van der Waals surface area (Å²) in [4.78, 5) is 0. The lowest BCUT2D eigenvalue weighted by Crippen LogP contribution is -2.24. The Bertz CT molecular complexity index is 595. The second-order valence-electron chi connectivity index (χ2n) is 4.71. The van der Waals surface area contributed by atoms with Crippen LogP contribution in [0.2, 0.25) is 0 Å². The van der Waals surface area contributed by atoms with E-state index in [2.05, 4.69) is 24.3 Å². The fourth-order valence-electron chi connectivity index (χ4n) is 2.49. The van der Waals surface area contributed by atoms with Crippen LogP contribution in [0.1, 0.15) is 5.56 Å². The molecule has 3 rings (SSSR count). The first kappa shape index (κ1) is 12.1. The molecule has 1 heterocycles. The third-order valence-corrected chi connectivity index (χ3v) is 3.47. The fraction of sp³-hybridized carbons (Fsp3) is 0.250. The van der Waals surface area contributed by atoms with E-state index in [9.17, 15) is 0 Å². The van der Waals surface area contributed by atoms with Crippen molar-refractivity contribution in [3.8, 4) is 22.6 Å². The van der Waals surface area contributed by atoms with Gasteiger partial charge in [-0.25, -0.2) is 0 Å². The highest BCUT2D eigenvalue weighted by molar-refractivity contribution is 5.74. The first-order valence-electron chi connectivity index (χ1n) is 6.45. The van der Waals surface area contributed by atoms with Gasteiger partial charge >= 0.3 is 0 Å². The zero-order chi connectivity index (χ0) is 13.2. The van der Waals surface area contributed by atoms with Gasteiger partial charge in [-0.15, -0.1) is 0 Å². The van der Waals surface area contributed by atoms with Crippen LogP contribution in [-0.2, 0) is 6.42 Å². The number of para-hydroxylation sites is 1. The zero-order valence-electron chi connectivity index (χ0n) is 10.9. The van der Waals surface area contributed by atoms with Gasteiger partial charge in [0.15, 0.2) is 0 Å². The lowest BCUT2D eigenvalue weighted by molar-refractivity contribution is 0.242. The van der Waals surface area contributed by atoms with E-state index in [0.717, 1.165) is 29.0 Å². The summed E-state index contributed by atoms with van der Waals surface area (Å²) in [6.07, 6.45) is 0.991. The molecule has 0 saturated carbocycles. The molecule has 1 atom stereocenters. The van der Waals surface area contributed by atoms with Crippen molar-refractivity contribution in [1.82, 2.24) is 0 Å². The molecule has 0 aromatic heterocycles. The Morgan fingerprint density at radius 3 is 2.89 bits per heavy atom. The largest absolute Gasteiger partial charge is 0.497 e. The minimum absolute atomic E-state index is 0.0988. The van der Waals surface area contributed by atoms with Gasteiger partial charge in [-0.05, 0) is 23.3 Å². The summed E-state index contributed by atoms with van der Waals surface area (Å²) in [7, 11) is 1.68. The molecule has 0 aliphatic carbocycles. The highest BCUT2D eigenvalue weighted by Gasteiger charge is 2.24. The molecule has 0 saturated heterocycles. The molecule has 0 amide bonds. The number of fused-ring (bicyclic) bond motifs is 1. The summed E-state index contributed by atoms with van der Waals surface area (Å²) in [5.41, 5.74) is 9.14. The van der Waals surface area contributed by atoms with Crippen LogP contribution in [0.4, 0.5) is 0 Å². The van der Waals surface area contributed by atoms with Crippen molar-refractivity contribution in [3.63, 3.8) is 0 Å². The van der Waals surface area contributed by atoms with Gasteiger partial charge in [0.05, 0.1) is 7.11 Å². The molecular formula is C16H17NO2. The monoisotopic (exact) mass is 255 g/mol. The van der Waals surface area contributed by atoms with Crippen molar-refractivity contribution in [2.75, 3.05) is 13.7 Å². The molecule has 0 bridgehead atoms. The molecular weight excluding hydrogens is 238 g/mol. The van der Waals surface area contributed by atoms with Crippen LogP contribution in [0.5, 0.6) is 11.5 Å². The number of methoxy groups -OCH3 is 1. The van der Waals surface area contributed by atoms with Crippen LogP contribution >= 0.6 is 0 Å². The zero-order valence-corrected chi connectivity index (χ0v) is 10.9. The topological polar surface area (TPSA) is 44.5 Å². The van der Waals surface area contributed by atoms with Crippen LogP contribution in [0.15, 0.2) is 42.5 Å². The number of ether oxygens (including phenoxy) is 2. The molecule has 98 valence electrons. The number of benzene rings is 2. The van der Waals surface area contributed by atoms with Crippen molar-refractivity contribution in [2.45, 2.75) is 12.5 Å². The van der Waals surface area contributed by atoms with Gasteiger partial charge in [0.25, 0.3) is 0 Å². The Morgan fingerprint density at radius 1 is 1.26 bits per heavy atom. The number of hydrogen-bond donors (Lipinski definition) is 1. The van der Waals surface area contributed by atoms with Gasteiger partial charge < -0.3 is 15.2 Å². The summed E-state index contributed by atoms with van der Waals surface area (Å²) < 4.78 is 11.2. The van der Waals surface area contributed by atoms with Gasteiger partial charge in [0, 0.05) is 18.5 Å². The van der Waals surface area contributed by atoms with Gasteiger partial charge in [0.2, 0.25) is 0 Å². The van der Waals surface area contributed by atoms with Crippen molar-refractivity contribution < 1.29 is 9.47 Å². The van der Waals surface area contributed by atoms with E-state index >= 15 is 0 Å². The van der Waals surface area contributed by atoms with E-state index in [0.29, 0.717) is 6.54 Å². The normalized spacial score (nSPS) is 16.8. The lowest BCUT2D eigenvalue weighted by atomic mass is 10.0. The summed E-state index contributed by atoms with van der Waals surface area (Å²) in [6, 6.07) is 14.3. The maximum Gasteiger partial charge on any atom is 0.130 e. The molecule has 3 nitrogen and oxygen atoms in total. The van der Waals surface area contributed by atoms with E-state index in [-0.39, 0.29) is 6.10 Å². The molecule has 1 aliphatic rings. The first-order valence-corrected chi connectivity index (χ1v) is 6.45. The minimum Gasteiger partial charge on any atom is -0.497 e. The van der Waals surface area contributed by atoms with Crippen LogP contribution in [0.3, 0.4) is 0 Å². The molecule has 2 N–H and O–H groups in total. The molecule has 0 fully saturated rings. The molecule has 0 unspecified atom stereocenters. The van der Waals surface area contributed by atoms with Crippen molar-refractivity contribution >= 4 is 0 Å². The maximum atomic E-state index is 5.95. The first-order chi connectivity index (χ1) is 9.31. The van der Waals surface area contributed by atoms with E-state index in [1.54, 1.807) is 7.11 Å². The van der Waals surface area contributed by atoms with Crippen LogP contribution in [0, 0.1) is 0 Å². The second kappa shape index (κ2) is 4.94. The SMILES string of the molecule is COc1cccc(-c2cccc3c2O[C@H](CN)C3)c1. The van der Waals surface area contributed by atoms with Gasteiger partial charge in [0.1, 0.15) is 17.6 Å². The molecule has 1 aliphatic heterocycles. The fourth-order valence-corrected chi connectivity index (χ4v) is 2.49. The van der Waals surface area contributed by atoms with Gasteiger partial charge in [-0.1, -0.05) is 30.3 Å². The van der Waals surface area contributed by atoms with E-state index in [4.69, 9.17) is 15.2 Å². The number of nitrogens with two attached hydrogens (primary N) is 1. The highest BCUT2D eigenvalue weighted by Crippen LogP contribution is 2.39. The van der Waals surface area contributed by atoms with Crippen molar-refractivity contribution in [2.24, 2.45) is 5.73 Å². The second-order valence-corrected chi connectivity index (χ2v) is 4.71. The van der Waals surface area contributed by atoms with Crippen LogP contribution < -0.4 is 15.2 Å². The van der Waals surface area contributed by atoms with E-state index in [1.165, 1.54) is 5.56 Å². The summed E-state index contributed by atoms with van der Waals surface area (Å²) in [6.45, 7) is 0.548. The predicted molar refractivity (Wildman–Crippen MR) is 75.6 cm³/mol. The third-order valence-electron chi connectivity index (χ3n) is 3.47. The van der Waals surface area contributed by atoms with E-state index < -0.39 is 0 Å². The molecule has 0 radical (unpaired) electrons. The molecule has 19 heavy (non-hydrogen) atoms. The smallest absolute Gasteiger partial charge is 0.130 e. The molecule has 2 aromatic carbocycles. The molecule has 3 heteroatoms. The summed E-state index contributed by atoms with van der Waals surface area (Å²) >= 11 is 0. The van der Waals surface area contributed by atoms with Crippen molar-refractivity contribution in [3.05, 3.63) is 48.0 Å². The van der Waals surface area contributed by atoms with Crippen molar-refractivity contribution in [1.29, 1.82) is 0 Å². The average Bonchev–Trinajstić information content (AvgIpc) is 2.90. The van der Waals surface area contributed by atoms with Gasteiger partial charge in [-0.3, -0.25) is 0 Å². The Hall–Kier alpha value is -2.00. The Morgan fingerprint density at radius 2 is 2.11 bits per heavy atom. The Labute approximate surface area is 113 Å². The highest BCUT2D eigenvalue weighted by atomic mass is 16.5. The predicted octanol–water partition coefficient (Wildman–Crippen LogP) is 2.62. The van der Waals surface area contributed by atoms with E-state index in [1.807, 2.05) is 18.2 Å². The minimum atomic E-state index is 0.0988. The number of rotatable bonds is 3. The van der Waals surface area contributed by atoms with Crippen LogP contribution in [0.25, 0.3) is 11.1 Å². The maximum absolute atomic E-state index is 5.95. The molecule has 0 spiro atoms. The standard InChI is InChI=1S/C16H17NO2/c1-18-13-6-2-4-11(8-13)15-7-3-5-12-9-14(10-17)19-16(12)15/h2-8,14H,9-10,17H2,1H3/t14-/m0/s1. The molecule has 2 aromatic rings. The third kappa shape index (κ3) is 2.17. The number of hydrogen-bond acceptors (Lipinski definition) is 3. The Kier molecular flexibility index (Phi) is 3.13. The van der Waals surface area contributed by atoms with Crippen LogP contribution in [-0.4, -0.2) is 19.8 Å². The average molecular weight is 255 g/mol.